The van der Waals surface area contributed by atoms with Gasteiger partial charge in [0.2, 0.25) is 0 Å². The Kier molecular flexibility index (Phi) is 4.14. The molecule has 0 saturated carbocycles. The number of methoxy groups -OCH3 is 2. The summed E-state index contributed by atoms with van der Waals surface area (Å²) >= 11 is 0. The molecule has 0 saturated heterocycles. The van der Waals surface area contributed by atoms with Crippen LogP contribution in [0, 0.1) is 0 Å². The fourth-order valence-corrected chi connectivity index (χ4v) is 3.89. The van der Waals surface area contributed by atoms with E-state index >= 15 is 0 Å². The number of amides is 1. The normalized spacial score (nSPS) is 16.7. The molecule has 2 aromatic rings. The predicted octanol–water partition coefficient (Wildman–Crippen LogP) is 3.10. The highest BCUT2D eigenvalue weighted by molar-refractivity contribution is 6.35. The predicted molar refractivity (Wildman–Crippen MR) is 100 cm³/mol. The SMILES string of the molecule is COc1cc2c(c(OC)c1)C(=Cc1[nH]c3c(c1C(=O)O)CCCC3)C(=O)N2. The maximum absolute atomic E-state index is 12.6. The number of benzene rings is 1. The highest BCUT2D eigenvalue weighted by atomic mass is 16.5. The summed E-state index contributed by atoms with van der Waals surface area (Å²) in [6, 6.07) is 3.42. The van der Waals surface area contributed by atoms with Crippen LogP contribution >= 0.6 is 0 Å². The van der Waals surface area contributed by atoms with Gasteiger partial charge in [0, 0.05) is 17.8 Å². The summed E-state index contributed by atoms with van der Waals surface area (Å²) in [5.41, 5.74) is 4.05. The molecule has 2 heterocycles. The fourth-order valence-electron chi connectivity index (χ4n) is 3.89. The summed E-state index contributed by atoms with van der Waals surface area (Å²) in [7, 11) is 3.06. The van der Waals surface area contributed by atoms with Crippen molar-refractivity contribution in [3.63, 3.8) is 0 Å². The number of rotatable bonds is 4. The molecule has 1 aromatic carbocycles. The van der Waals surface area contributed by atoms with E-state index in [1.807, 2.05) is 0 Å². The van der Waals surface area contributed by atoms with Crippen LogP contribution in [-0.2, 0) is 17.6 Å². The molecule has 0 radical (unpaired) electrons. The summed E-state index contributed by atoms with van der Waals surface area (Å²) in [5, 5.41) is 12.5. The molecule has 0 atom stereocenters. The van der Waals surface area contributed by atoms with Crippen molar-refractivity contribution < 1.29 is 24.2 Å². The van der Waals surface area contributed by atoms with Gasteiger partial charge in [-0.05, 0) is 37.3 Å². The van der Waals surface area contributed by atoms with Gasteiger partial charge in [0.25, 0.3) is 5.91 Å². The van der Waals surface area contributed by atoms with Crippen molar-refractivity contribution in [1.29, 1.82) is 0 Å². The lowest BCUT2D eigenvalue weighted by molar-refractivity contribution is -0.110. The first-order valence-corrected chi connectivity index (χ1v) is 8.80. The number of aromatic nitrogens is 1. The van der Waals surface area contributed by atoms with Crippen LogP contribution in [0.15, 0.2) is 12.1 Å². The second kappa shape index (κ2) is 6.50. The smallest absolute Gasteiger partial charge is 0.338 e. The first kappa shape index (κ1) is 17.2. The molecule has 7 heteroatoms. The number of carboxylic acids is 1. The number of fused-ring (bicyclic) bond motifs is 2. The molecule has 0 spiro atoms. The molecule has 2 aliphatic rings. The van der Waals surface area contributed by atoms with Gasteiger partial charge >= 0.3 is 5.97 Å². The van der Waals surface area contributed by atoms with E-state index < -0.39 is 5.97 Å². The topological polar surface area (TPSA) is 101 Å². The van der Waals surface area contributed by atoms with Crippen LogP contribution in [0.1, 0.15) is 45.7 Å². The van der Waals surface area contributed by atoms with Gasteiger partial charge < -0.3 is 24.9 Å². The zero-order chi connectivity index (χ0) is 19.1. The number of carbonyl (C=O) groups is 2. The van der Waals surface area contributed by atoms with Gasteiger partial charge in [0.15, 0.2) is 0 Å². The Morgan fingerprint density at radius 3 is 2.67 bits per heavy atom. The standard InChI is InChI=1S/C20H20N2O5/c1-26-10-7-14-17(16(8-10)27-2)12(19(23)22-14)9-15-18(20(24)25)11-5-3-4-6-13(11)21-15/h7-9,21H,3-6H2,1-2H3,(H,22,23)(H,24,25). The Labute approximate surface area is 156 Å². The Hall–Kier alpha value is -3.22. The first-order chi connectivity index (χ1) is 13.0. The molecule has 1 amide bonds. The highest BCUT2D eigenvalue weighted by Gasteiger charge is 2.31. The van der Waals surface area contributed by atoms with Gasteiger partial charge in [-0.2, -0.15) is 0 Å². The Balaban J connectivity index is 1.89. The van der Waals surface area contributed by atoms with Crippen molar-refractivity contribution in [2.75, 3.05) is 19.5 Å². The van der Waals surface area contributed by atoms with E-state index in [2.05, 4.69) is 10.3 Å². The second-order valence-corrected chi connectivity index (χ2v) is 6.65. The molecule has 1 aliphatic heterocycles. The Morgan fingerprint density at radius 2 is 1.96 bits per heavy atom. The third-order valence-electron chi connectivity index (χ3n) is 5.12. The monoisotopic (exact) mass is 368 g/mol. The van der Waals surface area contributed by atoms with Gasteiger partial charge in [-0.3, -0.25) is 4.79 Å². The van der Waals surface area contributed by atoms with Crippen LogP contribution in [0.3, 0.4) is 0 Å². The van der Waals surface area contributed by atoms with Gasteiger partial charge in [0.1, 0.15) is 11.5 Å². The van der Waals surface area contributed by atoms with Crippen molar-refractivity contribution in [1.82, 2.24) is 4.98 Å². The quantitative estimate of drug-likeness (QED) is 0.720. The first-order valence-electron chi connectivity index (χ1n) is 8.80. The van der Waals surface area contributed by atoms with Crippen molar-refractivity contribution in [3.05, 3.63) is 40.2 Å². The molecule has 7 nitrogen and oxygen atoms in total. The maximum atomic E-state index is 12.6. The Bertz CT molecular complexity index is 987. The average Bonchev–Trinajstić information content (AvgIpc) is 3.18. The number of aromatic amines is 1. The molecule has 140 valence electrons. The number of anilines is 1. The minimum absolute atomic E-state index is 0.255. The minimum atomic E-state index is -0.985. The molecular formula is C20H20N2O5. The van der Waals surface area contributed by atoms with Crippen molar-refractivity contribution in [2.24, 2.45) is 0 Å². The van der Waals surface area contributed by atoms with Gasteiger partial charge in [-0.15, -0.1) is 0 Å². The van der Waals surface area contributed by atoms with Crippen LogP contribution < -0.4 is 14.8 Å². The third kappa shape index (κ3) is 2.75. The van der Waals surface area contributed by atoms with Gasteiger partial charge in [-0.25, -0.2) is 4.79 Å². The summed E-state index contributed by atoms with van der Waals surface area (Å²) in [6.07, 6.45) is 5.16. The molecule has 0 fully saturated rings. The van der Waals surface area contributed by atoms with E-state index in [0.29, 0.717) is 34.0 Å². The van der Waals surface area contributed by atoms with Crippen molar-refractivity contribution >= 4 is 29.2 Å². The number of carboxylic acid groups (broad SMARTS) is 1. The Morgan fingerprint density at radius 1 is 1.19 bits per heavy atom. The van der Waals surface area contributed by atoms with E-state index in [4.69, 9.17) is 9.47 Å². The van der Waals surface area contributed by atoms with Crippen LogP contribution in [0.5, 0.6) is 11.5 Å². The molecule has 4 rings (SSSR count). The number of H-pyrrole nitrogens is 1. The number of hydrogen-bond acceptors (Lipinski definition) is 4. The molecule has 0 bridgehead atoms. The molecule has 3 N–H and O–H groups in total. The van der Waals surface area contributed by atoms with E-state index in [0.717, 1.165) is 36.9 Å². The molecule has 1 aromatic heterocycles. The number of aromatic carboxylic acids is 1. The third-order valence-corrected chi connectivity index (χ3v) is 5.12. The molecular weight excluding hydrogens is 348 g/mol. The van der Waals surface area contributed by atoms with E-state index in [1.165, 1.54) is 14.2 Å². The fraction of sp³-hybridized carbons (Fsp3) is 0.300. The summed E-state index contributed by atoms with van der Waals surface area (Å²) in [5.74, 6) is -0.238. The largest absolute Gasteiger partial charge is 0.497 e. The molecule has 1 aliphatic carbocycles. The summed E-state index contributed by atoms with van der Waals surface area (Å²) in [6.45, 7) is 0. The van der Waals surface area contributed by atoms with Crippen LogP contribution in [0.4, 0.5) is 5.69 Å². The van der Waals surface area contributed by atoms with Gasteiger partial charge in [-0.1, -0.05) is 0 Å². The minimum Gasteiger partial charge on any atom is -0.497 e. The van der Waals surface area contributed by atoms with Gasteiger partial charge in [0.05, 0.1) is 42.3 Å². The second-order valence-electron chi connectivity index (χ2n) is 6.65. The maximum Gasteiger partial charge on any atom is 0.338 e. The molecule has 27 heavy (non-hydrogen) atoms. The number of aryl methyl sites for hydroxylation is 1. The zero-order valence-electron chi connectivity index (χ0n) is 15.1. The number of hydrogen-bond donors (Lipinski definition) is 3. The number of ether oxygens (including phenoxy) is 2. The van der Waals surface area contributed by atoms with Crippen molar-refractivity contribution in [3.8, 4) is 11.5 Å². The summed E-state index contributed by atoms with van der Waals surface area (Å²) < 4.78 is 10.7. The van der Waals surface area contributed by atoms with E-state index in [1.54, 1.807) is 18.2 Å². The number of carbonyl (C=O) groups excluding carboxylic acids is 1. The van der Waals surface area contributed by atoms with E-state index in [-0.39, 0.29) is 11.5 Å². The lowest BCUT2D eigenvalue weighted by Crippen LogP contribution is -2.07. The number of nitrogens with one attached hydrogen (secondary N) is 2. The highest BCUT2D eigenvalue weighted by Crippen LogP contribution is 2.43. The van der Waals surface area contributed by atoms with Crippen LogP contribution in [0.25, 0.3) is 11.6 Å². The van der Waals surface area contributed by atoms with E-state index in [9.17, 15) is 14.7 Å². The van der Waals surface area contributed by atoms with Crippen LogP contribution in [-0.4, -0.2) is 36.2 Å². The van der Waals surface area contributed by atoms with Crippen LogP contribution in [0.2, 0.25) is 0 Å². The van der Waals surface area contributed by atoms with Crippen molar-refractivity contribution in [2.45, 2.75) is 25.7 Å². The molecule has 0 unspecified atom stereocenters. The lowest BCUT2D eigenvalue weighted by Gasteiger charge is -2.10. The zero-order valence-corrected chi connectivity index (χ0v) is 15.1. The lowest BCUT2D eigenvalue weighted by atomic mass is 9.94. The average molecular weight is 368 g/mol. The summed E-state index contributed by atoms with van der Waals surface area (Å²) in [4.78, 5) is 27.7.